The molecule has 0 spiro atoms. The Morgan fingerprint density at radius 2 is 2.11 bits per heavy atom. The monoisotopic (exact) mass is 380 g/mol. The second kappa shape index (κ2) is 7.59. The van der Waals surface area contributed by atoms with Crippen LogP contribution >= 0.6 is 0 Å². The Morgan fingerprint density at radius 1 is 1.32 bits per heavy atom. The van der Waals surface area contributed by atoms with Crippen molar-refractivity contribution in [3.05, 3.63) is 58.7 Å². The van der Waals surface area contributed by atoms with Crippen molar-refractivity contribution in [2.24, 2.45) is 0 Å². The van der Waals surface area contributed by atoms with Gasteiger partial charge in [-0.05, 0) is 32.3 Å². The zero-order valence-electron chi connectivity index (χ0n) is 16.1. The lowest BCUT2D eigenvalue weighted by Crippen LogP contribution is -2.38. The first-order valence-electron chi connectivity index (χ1n) is 9.54. The highest BCUT2D eigenvalue weighted by molar-refractivity contribution is 5.93. The molecule has 1 aliphatic heterocycles. The van der Waals surface area contributed by atoms with Crippen LogP contribution in [-0.2, 0) is 6.61 Å². The van der Waals surface area contributed by atoms with Gasteiger partial charge in [0.05, 0.1) is 18.4 Å². The number of hydrogen-bond acceptors (Lipinski definition) is 5. The van der Waals surface area contributed by atoms with E-state index >= 15 is 0 Å². The molecule has 2 N–H and O–H groups in total. The lowest BCUT2D eigenvalue weighted by Gasteiger charge is -2.31. The maximum absolute atomic E-state index is 12.8. The number of rotatable bonds is 4. The number of aryl methyl sites for hydroxylation is 2. The number of carbonyl (C=O) groups is 1. The van der Waals surface area contributed by atoms with E-state index in [1.807, 2.05) is 6.20 Å². The molecule has 28 heavy (non-hydrogen) atoms. The first kappa shape index (κ1) is 18.4. The van der Waals surface area contributed by atoms with Gasteiger partial charge < -0.3 is 14.5 Å². The van der Waals surface area contributed by atoms with Crippen molar-refractivity contribution in [3.63, 3.8) is 0 Å². The van der Waals surface area contributed by atoms with Gasteiger partial charge in [0.15, 0.2) is 5.69 Å². The van der Waals surface area contributed by atoms with E-state index in [2.05, 4.69) is 46.5 Å². The maximum Gasteiger partial charge on any atom is 0.276 e. The van der Waals surface area contributed by atoms with Crippen LogP contribution in [0.5, 0.6) is 0 Å². The molecule has 0 radical (unpaired) electrons. The number of piperidine rings is 1. The topological polar surface area (TPSA) is 95.3 Å². The molecule has 146 valence electrons. The van der Waals surface area contributed by atoms with Crippen molar-refractivity contribution in [1.82, 2.24) is 20.3 Å². The quantitative estimate of drug-likeness (QED) is 0.725. The van der Waals surface area contributed by atoms with Crippen LogP contribution in [0.3, 0.4) is 0 Å². The maximum atomic E-state index is 12.8. The van der Waals surface area contributed by atoms with Gasteiger partial charge in [-0.25, -0.2) is 0 Å². The number of H-pyrrole nitrogens is 1. The summed E-state index contributed by atoms with van der Waals surface area (Å²) in [5, 5.41) is 20.8. The fourth-order valence-corrected chi connectivity index (χ4v) is 3.92. The Bertz CT molecular complexity index is 983. The molecule has 1 amide bonds. The lowest BCUT2D eigenvalue weighted by molar-refractivity contribution is 0.0699. The number of nitrogens with zero attached hydrogens (tertiary/aromatic N) is 3. The summed E-state index contributed by atoms with van der Waals surface area (Å²) in [7, 11) is 0. The fraction of sp³-hybridized carbons (Fsp3) is 0.381. The minimum atomic E-state index is -0.249. The van der Waals surface area contributed by atoms with Gasteiger partial charge >= 0.3 is 0 Å². The zero-order valence-corrected chi connectivity index (χ0v) is 16.1. The molecule has 0 saturated carbocycles. The molecule has 0 aliphatic carbocycles. The third-order valence-electron chi connectivity index (χ3n) is 5.53. The summed E-state index contributed by atoms with van der Waals surface area (Å²) in [5.74, 6) is 0.627. The van der Waals surface area contributed by atoms with E-state index in [-0.39, 0.29) is 18.2 Å². The number of carbonyl (C=O) groups excluding carboxylic acids is 1. The predicted octanol–water partition coefficient (Wildman–Crippen LogP) is 3.19. The summed E-state index contributed by atoms with van der Waals surface area (Å²) in [6.07, 6.45) is 3.57. The van der Waals surface area contributed by atoms with Crippen molar-refractivity contribution < 1.29 is 14.4 Å². The Balaban J connectivity index is 1.48. The van der Waals surface area contributed by atoms with Gasteiger partial charge in [0.2, 0.25) is 0 Å². The summed E-state index contributed by atoms with van der Waals surface area (Å²) >= 11 is 0. The second-order valence-electron chi connectivity index (χ2n) is 7.36. The van der Waals surface area contributed by atoms with Gasteiger partial charge in [0.25, 0.3) is 5.91 Å². The number of aromatic nitrogens is 3. The van der Waals surface area contributed by atoms with Crippen LogP contribution in [0.15, 0.2) is 35.0 Å². The van der Waals surface area contributed by atoms with Crippen molar-refractivity contribution in [2.45, 2.75) is 39.2 Å². The van der Waals surface area contributed by atoms with Crippen LogP contribution in [0.25, 0.3) is 11.1 Å². The number of aliphatic hydroxyl groups excluding tert-OH is 1. The van der Waals surface area contributed by atoms with Crippen LogP contribution < -0.4 is 0 Å². The molecule has 0 unspecified atom stereocenters. The largest absolute Gasteiger partial charge is 0.391 e. The zero-order chi connectivity index (χ0) is 19.7. The Kier molecular flexibility index (Phi) is 5.00. The highest BCUT2D eigenvalue weighted by Gasteiger charge is 2.30. The molecule has 7 nitrogen and oxygen atoms in total. The first-order valence-corrected chi connectivity index (χ1v) is 9.54. The predicted molar refractivity (Wildman–Crippen MR) is 104 cm³/mol. The molecule has 7 heteroatoms. The van der Waals surface area contributed by atoms with Crippen LogP contribution in [-0.4, -0.2) is 44.4 Å². The molecule has 2 aromatic heterocycles. The average molecular weight is 380 g/mol. The highest BCUT2D eigenvalue weighted by atomic mass is 16.5. The van der Waals surface area contributed by atoms with Gasteiger partial charge in [0.1, 0.15) is 5.76 Å². The molecule has 0 bridgehead atoms. The fourth-order valence-electron chi connectivity index (χ4n) is 3.92. The molecule has 1 fully saturated rings. The Labute approximate surface area is 163 Å². The second-order valence-corrected chi connectivity index (χ2v) is 7.36. The number of aromatic amines is 1. The number of likely N-dealkylation sites (tertiary alicyclic amines) is 1. The summed E-state index contributed by atoms with van der Waals surface area (Å²) in [4.78, 5) is 14.6. The van der Waals surface area contributed by atoms with Crippen molar-refractivity contribution in [2.75, 3.05) is 13.1 Å². The third kappa shape index (κ3) is 3.33. The third-order valence-corrected chi connectivity index (χ3v) is 5.53. The van der Waals surface area contributed by atoms with Gasteiger partial charge in [0, 0.05) is 30.3 Å². The lowest BCUT2D eigenvalue weighted by atomic mass is 9.89. The SMILES string of the molecule is Cc1cccc(-c2cn[nH]c2C2CCN(C(=O)c3noc(C)c3CO)CC2)c1. The first-order chi connectivity index (χ1) is 13.6. The van der Waals surface area contributed by atoms with Crippen molar-refractivity contribution >= 4 is 5.91 Å². The minimum Gasteiger partial charge on any atom is -0.391 e. The number of benzene rings is 1. The van der Waals surface area contributed by atoms with Crippen molar-refractivity contribution in [3.8, 4) is 11.1 Å². The van der Waals surface area contributed by atoms with Gasteiger partial charge in [-0.3, -0.25) is 9.89 Å². The molecular weight excluding hydrogens is 356 g/mol. The Morgan fingerprint density at radius 3 is 2.82 bits per heavy atom. The van der Waals surface area contributed by atoms with Crippen molar-refractivity contribution in [1.29, 1.82) is 0 Å². The number of amides is 1. The average Bonchev–Trinajstić information content (AvgIpc) is 3.34. The van der Waals surface area contributed by atoms with E-state index in [4.69, 9.17) is 4.52 Å². The molecule has 1 saturated heterocycles. The van der Waals surface area contributed by atoms with E-state index in [9.17, 15) is 9.90 Å². The molecular formula is C21H24N4O3. The summed E-state index contributed by atoms with van der Waals surface area (Å²) < 4.78 is 5.08. The molecule has 1 aromatic carbocycles. The minimum absolute atomic E-state index is 0.178. The molecule has 4 rings (SSSR count). The van der Waals surface area contributed by atoms with Gasteiger partial charge in [-0.2, -0.15) is 5.10 Å². The van der Waals surface area contributed by atoms with Crippen LogP contribution in [0.1, 0.15) is 51.8 Å². The smallest absolute Gasteiger partial charge is 0.276 e. The van der Waals surface area contributed by atoms with Crippen LogP contribution in [0.2, 0.25) is 0 Å². The molecule has 3 heterocycles. The molecule has 3 aromatic rings. The number of hydrogen-bond donors (Lipinski definition) is 2. The normalized spacial score (nSPS) is 15.2. The van der Waals surface area contributed by atoms with E-state index in [1.54, 1.807) is 11.8 Å². The van der Waals surface area contributed by atoms with E-state index in [0.29, 0.717) is 30.3 Å². The van der Waals surface area contributed by atoms with E-state index in [1.165, 1.54) is 5.56 Å². The van der Waals surface area contributed by atoms with Crippen LogP contribution in [0, 0.1) is 13.8 Å². The highest BCUT2D eigenvalue weighted by Crippen LogP contribution is 2.34. The Hall–Kier alpha value is -2.93. The summed E-state index contributed by atoms with van der Waals surface area (Å²) in [5.41, 5.74) is 5.33. The van der Waals surface area contributed by atoms with Gasteiger partial charge in [-0.15, -0.1) is 0 Å². The number of aliphatic hydroxyl groups is 1. The van der Waals surface area contributed by atoms with E-state index < -0.39 is 0 Å². The standard InChI is InChI=1S/C21H24N4O3/c1-13-4-3-5-16(10-13)17-11-22-23-19(17)15-6-8-25(9-7-15)21(27)20-18(12-26)14(2)28-24-20/h3-5,10-11,15,26H,6-9,12H2,1-2H3,(H,22,23). The molecule has 0 atom stereocenters. The summed E-state index contributed by atoms with van der Waals surface area (Å²) in [6, 6.07) is 8.40. The molecule has 1 aliphatic rings. The number of nitrogens with one attached hydrogen (secondary N) is 1. The summed E-state index contributed by atoms with van der Waals surface area (Å²) in [6.45, 7) is 4.80. The van der Waals surface area contributed by atoms with E-state index in [0.717, 1.165) is 29.7 Å². The van der Waals surface area contributed by atoms with Crippen LogP contribution in [0.4, 0.5) is 0 Å². The van der Waals surface area contributed by atoms with Gasteiger partial charge in [-0.1, -0.05) is 35.0 Å².